The van der Waals surface area contributed by atoms with Gasteiger partial charge in [0, 0.05) is 12.5 Å². The Labute approximate surface area is 179 Å². The van der Waals surface area contributed by atoms with Crippen molar-refractivity contribution in [2.45, 2.75) is 46.8 Å². The molecule has 0 saturated heterocycles. The van der Waals surface area contributed by atoms with Gasteiger partial charge < -0.3 is 14.6 Å². The number of benzene rings is 1. The lowest BCUT2D eigenvalue weighted by atomic mass is 9.92. The zero-order valence-corrected chi connectivity index (χ0v) is 18.2. The molecule has 0 radical (unpaired) electrons. The maximum Gasteiger partial charge on any atom is 0.416 e. The maximum absolute atomic E-state index is 12.8. The topological polar surface area (TPSA) is 56.1 Å². The van der Waals surface area contributed by atoms with Crippen LogP contribution in [0.2, 0.25) is 0 Å². The van der Waals surface area contributed by atoms with Crippen LogP contribution in [-0.2, 0) is 17.5 Å². The molecule has 2 aromatic heterocycles. The van der Waals surface area contributed by atoms with Gasteiger partial charge in [0.05, 0.1) is 30.3 Å². The Kier molecular flexibility index (Phi) is 6.02. The second-order valence-electron chi connectivity index (χ2n) is 8.81. The number of methoxy groups -OCH3 is 1. The highest BCUT2D eigenvalue weighted by Gasteiger charge is 2.30. The van der Waals surface area contributed by atoms with E-state index in [1.165, 1.54) is 19.2 Å². The van der Waals surface area contributed by atoms with E-state index in [1.54, 1.807) is 6.07 Å². The first kappa shape index (κ1) is 22.7. The van der Waals surface area contributed by atoms with Gasteiger partial charge in [0.25, 0.3) is 0 Å². The first-order valence-electron chi connectivity index (χ1n) is 9.88. The lowest BCUT2D eigenvalue weighted by Gasteiger charge is -2.17. The number of anilines is 1. The van der Waals surface area contributed by atoms with E-state index in [-0.39, 0.29) is 11.3 Å². The number of ether oxygens (including phenoxy) is 1. The van der Waals surface area contributed by atoms with Gasteiger partial charge in [0.1, 0.15) is 5.82 Å². The number of fused-ring (bicyclic) bond motifs is 1. The van der Waals surface area contributed by atoms with Crippen LogP contribution in [0.15, 0.2) is 36.4 Å². The molecule has 0 bridgehead atoms. The van der Waals surface area contributed by atoms with Crippen molar-refractivity contribution in [3.8, 4) is 5.88 Å². The molecular weight excluding hydrogens is 407 g/mol. The average Bonchev–Trinajstić information content (AvgIpc) is 2.97. The summed E-state index contributed by atoms with van der Waals surface area (Å²) in [5, 5.41) is 2.87. The molecule has 3 aromatic rings. The Morgan fingerprint density at radius 2 is 1.77 bits per heavy atom. The van der Waals surface area contributed by atoms with Crippen LogP contribution in [0.25, 0.3) is 11.0 Å². The summed E-state index contributed by atoms with van der Waals surface area (Å²) in [6.45, 7) is 8.13. The fourth-order valence-corrected chi connectivity index (χ4v) is 3.35. The Morgan fingerprint density at radius 3 is 2.32 bits per heavy atom. The van der Waals surface area contributed by atoms with E-state index < -0.39 is 11.7 Å². The smallest absolute Gasteiger partial charge is 0.416 e. The summed E-state index contributed by atoms with van der Waals surface area (Å²) in [6.07, 6.45) is -4.00. The molecule has 0 saturated carbocycles. The van der Waals surface area contributed by atoms with E-state index in [0.717, 1.165) is 23.2 Å². The van der Waals surface area contributed by atoms with Gasteiger partial charge in [-0.25, -0.2) is 4.98 Å². The molecule has 1 N–H and O–H groups in total. The third kappa shape index (κ3) is 5.37. The number of aromatic nitrogens is 2. The number of rotatable bonds is 5. The molecule has 1 aromatic carbocycles. The summed E-state index contributed by atoms with van der Waals surface area (Å²) in [7, 11) is 1.52. The minimum atomic E-state index is -4.37. The zero-order valence-electron chi connectivity index (χ0n) is 18.2. The monoisotopic (exact) mass is 433 g/mol. The zero-order chi connectivity index (χ0) is 23.0. The summed E-state index contributed by atoms with van der Waals surface area (Å²) in [6, 6.07) is 8.69. The van der Waals surface area contributed by atoms with Gasteiger partial charge in [-0.1, -0.05) is 32.9 Å². The van der Waals surface area contributed by atoms with Crippen molar-refractivity contribution in [2.75, 3.05) is 12.4 Å². The van der Waals surface area contributed by atoms with E-state index in [4.69, 9.17) is 4.74 Å². The summed E-state index contributed by atoms with van der Waals surface area (Å²) in [5.41, 5.74) is 2.04. The first-order chi connectivity index (χ1) is 14.4. The molecule has 3 rings (SSSR count). The van der Waals surface area contributed by atoms with Crippen molar-refractivity contribution < 1.29 is 22.7 Å². The minimum Gasteiger partial charge on any atom is -0.482 e. The molecule has 166 valence electrons. The molecule has 5 nitrogen and oxygen atoms in total. The third-order valence-corrected chi connectivity index (χ3v) is 4.82. The Morgan fingerprint density at radius 1 is 1.13 bits per heavy atom. The number of nitrogens with one attached hydrogen (secondary N) is 1. The predicted molar refractivity (Wildman–Crippen MR) is 114 cm³/mol. The lowest BCUT2D eigenvalue weighted by molar-refractivity contribution is -0.137. The first-order valence-corrected chi connectivity index (χ1v) is 9.88. The van der Waals surface area contributed by atoms with E-state index in [1.807, 2.05) is 38.3 Å². The number of pyridine rings is 1. The molecule has 2 heterocycles. The number of amides is 1. The molecule has 1 amide bonds. The quantitative estimate of drug-likeness (QED) is 0.554. The van der Waals surface area contributed by atoms with Gasteiger partial charge in [0.2, 0.25) is 5.91 Å². The maximum atomic E-state index is 12.8. The average molecular weight is 433 g/mol. The molecular formula is C23H26F3N3O2. The largest absolute Gasteiger partial charge is 0.482 e. The number of carbonyl (C=O) groups excluding carboxylic acids is 1. The molecule has 0 atom stereocenters. The Hall–Kier alpha value is -3.03. The summed E-state index contributed by atoms with van der Waals surface area (Å²) < 4.78 is 45.8. The molecule has 0 fully saturated rings. The second-order valence-corrected chi connectivity index (χ2v) is 8.81. The Bertz CT molecular complexity index is 1090. The van der Waals surface area contributed by atoms with Crippen LogP contribution in [0.1, 0.15) is 43.9 Å². The second kappa shape index (κ2) is 8.24. The molecule has 0 aliphatic carbocycles. The van der Waals surface area contributed by atoms with Crippen molar-refractivity contribution in [3.05, 3.63) is 53.1 Å². The SMILES string of the molecule is COc1cc2nc(NC(=O)CC(C)(C)C)c(C)cc2n1Cc1ccc(C(F)(F)F)cc1. The van der Waals surface area contributed by atoms with Gasteiger partial charge in [-0.3, -0.25) is 4.79 Å². The highest BCUT2D eigenvalue weighted by molar-refractivity contribution is 5.92. The van der Waals surface area contributed by atoms with E-state index >= 15 is 0 Å². The van der Waals surface area contributed by atoms with Crippen molar-refractivity contribution >= 4 is 22.8 Å². The summed E-state index contributed by atoms with van der Waals surface area (Å²) in [4.78, 5) is 16.9. The normalized spacial score (nSPS) is 12.3. The van der Waals surface area contributed by atoms with Gasteiger partial charge in [-0.2, -0.15) is 13.2 Å². The van der Waals surface area contributed by atoms with Crippen LogP contribution in [0.3, 0.4) is 0 Å². The number of halogens is 3. The summed E-state index contributed by atoms with van der Waals surface area (Å²) in [5.74, 6) is 0.898. The molecule has 0 unspecified atom stereocenters. The number of carbonyl (C=O) groups is 1. The van der Waals surface area contributed by atoms with Crippen molar-refractivity contribution in [1.29, 1.82) is 0 Å². The highest BCUT2D eigenvalue weighted by Crippen LogP contribution is 2.31. The minimum absolute atomic E-state index is 0.112. The van der Waals surface area contributed by atoms with Crippen LogP contribution < -0.4 is 10.1 Å². The molecule has 0 spiro atoms. The lowest BCUT2D eigenvalue weighted by Crippen LogP contribution is -2.20. The number of nitrogens with zero attached hydrogens (tertiary/aromatic N) is 2. The van der Waals surface area contributed by atoms with E-state index in [2.05, 4.69) is 10.3 Å². The number of aryl methyl sites for hydroxylation is 1. The predicted octanol–water partition coefficient (Wildman–Crippen LogP) is 5.80. The standard InChI is InChI=1S/C23H26F3N3O2/c1-14-10-18-17(27-21(14)28-19(30)12-22(2,3)4)11-20(31-5)29(18)13-15-6-8-16(9-7-15)23(24,25)26/h6-11H,12-13H2,1-5H3,(H,27,28,30). The van der Waals surface area contributed by atoms with Crippen LogP contribution in [-0.4, -0.2) is 22.6 Å². The highest BCUT2D eigenvalue weighted by atomic mass is 19.4. The fraction of sp³-hybridized carbons (Fsp3) is 0.391. The van der Waals surface area contributed by atoms with Crippen LogP contribution >= 0.6 is 0 Å². The molecule has 31 heavy (non-hydrogen) atoms. The van der Waals surface area contributed by atoms with Crippen molar-refractivity contribution in [1.82, 2.24) is 9.55 Å². The van der Waals surface area contributed by atoms with Gasteiger partial charge in [-0.15, -0.1) is 0 Å². The van der Waals surface area contributed by atoms with E-state index in [0.29, 0.717) is 35.7 Å². The van der Waals surface area contributed by atoms with Crippen LogP contribution in [0, 0.1) is 12.3 Å². The third-order valence-electron chi connectivity index (χ3n) is 4.82. The number of hydrogen-bond donors (Lipinski definition) is 1. The number of alkyl halides is 3. The van der Waals surface area contributed by atoms with Crippen molar-refractivity contribution in [2.24, 2.45) is 5.41 Å². The number of hydrogen-bond acceptors (Lipinski definition) is 3. The summed E-state index contributed by atoms with van der Waals surface area (Å²) >= 11 is 0. The fourth-order valence-electron chi connectivity index (χ4n) is 3.35. The molecule has 0 aliphatic rings. The van der Waals surface area contributed by atoms with Crippen LogP contribution in [0.4, 0.5) is 19.0 Å². The van der Waals surface area contributed by atoms with Crippen molar-refractivity contribution in [3.63, 3.8) is 0 Å². The van der Waals surface area contributed by atoms with Gasteiger partial charge >= 0.3 is 6.18 Å². The van der Waals surface area contributed by atoms with E-state index in [9.17, 15) is 18.0 Å². The molecule has 8 heteroatoms. The van der Waals surface area contributed by atoms with Gasteiger partial charge in [-0.05, 0) is 41.7 Å². The van der Waals surface area contributed by atoms with Gasteiger partial charge in [0.15, 0.2) is 5.88 Å². The van der Waals surface area contributed by atoms with Crippen LogP contribution in [0.5, 0.6) is 5.88 Å². The Balaban J connectivity index is 1.92. The molecule has 0 aliphatic heterocycles.